The van der Waals surface area contributed by atoms with Crippen molar-refractivity contribution in [3.8, 4) is 5.75 Å². The van der Waals surface area contributed by atoms with Crippen molar-refractivity contribution in [2.24, 2.45) is 17.6 Å². The number of carbonyl (C=O) groups excluding carboxylic acids is 3. The van der Waals surface area contributed by atoms with Gasteiger partial charge in [0.1, 0.15) is 22.8 Å². The number of Topliss-reactive ketones (excluding diaryl/α,β-unsaturated/α-hetero) is 2. The van der Waals surface area contributed by atoms with Crippen molar-refractivity contribution < 1.29 is 39.5 Å². The monoisotopic (exact) mass is 542 g/mol. The minimum absolute atomic E-state index is 0.0462. The van der Waals surface area contributed by atoms with Gasteiger partial charge in [-0.3, -0.25) is 19.3 Å². The van der Waals surface area contributed by atoms with Gasteiger partial charge >= 0.3 is 0 Å². The Bertz CT molecular complexity index is 1340. The first kappa shape index (κ1) is 27.0. The molecule has 12 heteroatoms. The Morgan fingerprint density at radius 1 is 1.13 bits per heavy atom. The number of phenols is 1. The van der Waals surface area contributed by atoms with Crippen LogP contribution in [0.3, 0.4) is 0 Å². The molecule has 4 atom stereocenters. The summed E-state index contributed by atoms with van der Waals surface area (Å²) < 4.78 is 5.43. The number of anilines is 2. The first-order valence-corrected chi connectivity index (χ1v) is 12.9. The number of ketones is 2. The summed E-state index contributed by atoms with van der Waals surface area (Å²) in [7, 11) is 6.82. The van der Waals surface area contributed by atoms with E-state index in [0.29, 0.717) is 37.6 Å². The highest BCUT2D eigenvalue weighted by Crippen LogP contribution is 2.55. The predicted molar refractivity (Wildman–Crippen MR) is 142 cm³/mol. The number of likely N-dealkylation sites (N-methyl/N-ethyl adjacent to an activating group) is 1. The van der Waals surface area contributed by atoms with E-state index in [0.717, 1.165) is 5.69 Å². The van der Waals surface area contributed by atoms with Crippen LogP contribution in [0.5, 0.6) is 5.75 Å². The van der Waals surface area contributed by atoms with Gasteiger partial charge < -0.3 is 40.7 Å². The lowest BCUT2D eigenvalue weighted by Crippen LogP contribution is -2.65. The third-order valence-electron chi connectivity index (χ3n) is 8.51. The zero-order chi connectivity index (χ0) is 28.5. The molecule has 39 heavy (non-hydrogen) atoms. The van der Waals surface area contributed by atoms with Gasteiger partial charge in [-0.1, -0.05) is 0 Å². The van der Waals surface area contributed by atoms with Crippen molar-refractivity contribution in [1.82, 2.24) is 4.90 Å². The SMILES string of the molecule is CN(C)c1cc(N2CCOCC2)c(O)c2c1C[C@H]1C[C@H]3[C@@H](N(C)C)C(=O)C(C(N)=O)=C(O)[C@@]3(O)C(=O)C1=C2O. The van der Waals surface area contributed by atoms with Crippen molar-refractivity contribution in [3.05, 3.63) is 34.1 Å². The van der Waals surface area contributed by atoms with Gasteiger partial charge in [0.15, 0.2) is 11.4 Å². The maximum absolute atomic E-state index is 14.0. The topological polar surface area (TPSA) is 177 Å². The van der Waals surface area contributed by atoms with Crippen LogP contribution in [0.4, 0.5) is 11.4 Å². The fourth-order valence-electron chi connectivity index (χ4n) is 6.72. The van der Waals surface area contributed by atoms with Crippen LogP contribution in [-0.2, 0) is 25.5 Å². The number of aromatic hydroxyl groups is 1. The average Bonchev–Trinajstić information content (AvgIpc) is 2.86. The molecule has 1 saturated heterocycles. The van der Waals surface area contributed by atoms with Crippen molar-refractivity contribution in [2.45, 2.75) is 24.5 Å². The number of phenolic OH excluding ortho intramolecular Hbond substituents is 1. The Morgan fingerprint density at radius 3 is 2.33 bits per heavy atom. The number of nitrogens with zero attached hydrogens (tertiary/aromatic N) is 3. The number of aliphatic hydroxyl groups is 3. The van der Waals surface area contributed by atoms with Gasteiger partial charge in [-0.15, -0.1) is 0 Å². The molecular formula is C27H34N4O8. The van der Waals surface area contributed by atoms with Gasteiger partial charge in [-0.25, -0.2) is 0 Å². The summed E-state index contributed by atoms with van der Waals surface area (Å²) in [6.45, 7) is 1.98. The number of nitrogens with two attached hydrogens (primary N) is 1. The van der Waals surface area contributed by atoms with Crippen LogP contribution in [0, 0.1) is 11.8 Å². The molecule has 1 amide bonds. The molecule has 1 heterocycles. The summed E-state index contributed by atoms with van der Waals surface area (Å²) in [6.07, 6.45) is 0.281. The number of morpholine rings is 1. The van der Waals surface area contributed by atoms with Crippen LogP contribution in [0.25, 0.3) is 5.76 Å². The largest absolute Gasteiger partial charge is 0.508 e. The van der Waals surface area contributed by atoms with Gasteiger partial charge in [-0.2, -0.15) is 0 Å². The number of amides is 1. The Labute approximate surface area is 225 Å². The molecule has 0 radical (unpaired) electrons. The first-order valence-electron chi connectivity index (χ1n) is 12.9. The van der Waals surface area contributed by atoms with Crippen LogP contribution >= 0.6 is 0 Å². The minimum atomic E-state index is -2.66. The van der Waals surface area contributed by atoms with Gasteiger partial charge in [0.2, 0.25) is 5.78 Å². The lowest BCUT2D eigenvalue weighted by Gasteiger charge is -2.50. The second-order valence-corrected chi connectivity index (χ2v) is 11.1. The Kier molecular flexibility index (Phi) is 6.40. The fourth-order valence-corrected chi connectivity index (χ4v) is 6.72. The van der Waals surface area contributed by atoms with Crippen molar-refractivity contribution in [3.63, 3.8) is 0 Å². The maximum Gasteiger partial charge on any atom is 0.255 e. The number of aliphatic hydroxyl groups excluding tert-OH is 2. The molecule has 0 unspecified atom stereocenters. The maximum atomic E-state index is 14.0. The second kappa shape index (κ2) is 9.25. The molecule has 210 valence electrons. The molecule has 3 aliphatic carbocycles. The Morgan fingerprint density at radius 2 is 1.77 bits per heavy atom. The van der Waals surface area contributed by atoms with Crippen LogP contribution < -0.4 is 15.5 Å². The van der Waals surface area contributed by atoms with E-state index in [1.807, 2.05) is 30.0 Å². The highest BCUT2D eigenvalue weighted by Gasteiger charge is 2.64. The molecule has 1 aromatic rings. The molecule has 1 aromatic carbocycles. The van der Waals surface area contributed by atoms with Crippen LogP contribution in [0.15, 0.2) is 23.0 Å². The molecular weight excluding hydrogens is 508 g/mol. The number of hydrogen-bond donors (Lipinski definition) is 5. The summed E-state index contributed by atoms with van der Waals surface area (Å²) in [5, 5.41) is 45.8. The third kappa shape index (κ3) is 3.73. The molecule has 0 spiro atoms. The Hall–Kier alpha value is -3.61. The third-order valence-corrected chi connectivity index (χ3v) is 8.51. The van der Waals surface area contributed by atoms with E-state index in [9.17, 15) is 34.8 Å². The molecule has 4 aliphatic rings. The summed E-state index contributed by atoms with van der Waals surface area (Å²) >= 11 is 0. The molecule has 1 aliphatic heterocycles. The van der Waals surface area contributed by atoms with Crippen LogP contribution in [0.1, 0.15) is 17.5 Å². The van der Waals surface area contributed by atoms with Gasteiger partial charge in [0.25, 0.3) is 5.91 Å². The molecule has 2 fully saturated rings. The molecule has 12 nitrogen and oxygen atoms in total. The normalized spacial score (nSPS) is 28.9. The molecule has 6 N–H and O–H groups in total. The predicted octanol–water partition coefficient (Wildman–Crippen LogP) is -0.133. The quantitative estimate of drug-likeness (QED) is 0.320. The molecule has 0 aromatic heterocycles. The van der Waals surface area contributed by atoms with Crippen molar-refractivity contribution >= 4 is 34.6 Å². The number of fused-ring (bicyclic) bond motifs is 3. The second-order valence-electron chi connectivity index (χ2n) is 11.1. The minimum Gasteiger partial charge on any atom is -0.508 e. The average molecular weight is 543 g/mol. The smallest absolute Gasteiger partial charge is 0.255 e. The zero-order valence-corrected chi connectivity index (χ0v) is 22.4. The van der Waals surface area contributed by atoms with E-state index in [4.69, 9.17) is 10.5 Å². The fraction of sp³-hybridized carbons (Fsp3) is 0.519. The number of ether oxygens (including phenoxy) is 1. The molecule has 0 bridgehead atoms. The van der Waals surface area contributed by atoms with E-state index in [1.165, 1.54) is 4.90 Å². The summed E-state index contributed by atoms with van der Waals surface area (Å²) in [6, 6.07) is 0.729. The lowest BCUT2D eigenvalue weighted by atomic mass is 9.57. The van der Waals surface area contributed by atoms with Crippen molar-refractivity contribution in [2.75, 3.05) is 64.3 Å². The summed E-state index contributed by atoms with van der Waals surface area (Å²) in [4.78, 5) is 44.7. The summed E-state index contributed by atoms with van der Waals surface area (Å²) in [5.41, 5.74) is 3.65. The lowest BCUT2D eigenvalue weighted by molar-refractivity contribution is -0.153. The standard InChI is InChI=1S/C27H34N4O8/c1-29(2)15-11-16(31-5-7-39-8-6-31)21(32)18-13(15)9-12-10-14-20(30(3)4)23(34)19(26(28)37)25(36)27(14,38)24(35)17(12)22(18)33/h11-12,14,20,32-33,36,38H,5-10H2,1-4H3,(H2,28,37)/t12-,14-,20+,27-/m0/s1. The zero-order valence-electron chi connectivity index (χ0n) is 22.4. The van der Waals surface area contributed by atoms with Gasteiger partial charge in [-0.05, 0) is 44.5 Å². The van der Waals surface area contributed by atoms with E-state index >= 15 is 0 Å². The Balaban J connectivity index is 1.74. The number of primary amides is 1. The molecule has 5 rings (SSSR count). The summed E-state index contributed by atoms with van der Waals surface area (Å²) in [5.74, 6) is -6.60. The number of benzene rings is 1. The van der Waals surface area contributed by atoms with E-state index in [-0.39, 0.29) is 29.7 Å². The van der Waals surface area contributed by atoms with E-state index in [2.05, 4.69) is 0 Å². The number of rotatable bonds is 4. The van der Waals surface area contributed by atoms with Gasteiger partial charge in [0, 0.05) is 44.4 Å². The van der Waals surface area contributed by atoms with Crippen LogP contribution in [-0.4, -0.2) is 109 Å². The highest BCUT2D eigenvalue weighted by molar-refractivity contribution is 6.24. The van der Waals surface area contributed by atoms with Crippen LogP contribution in [0.2, 0.25) is 0 Å². The van der Waals surface area contributed by atoms with Gasteiger partial charge in [0.05, 0.1) is 30.5 Å². The van der Waals surface area contributed by atoms with E-state index < -0.39 is 58.0 Å². The van der Waals surface area contributed by atoms with Crippen molar-refractivity contribution in [1.29, 1.82) is 0 Å². The number of hydrogen-bond acceptors (Lipinski definition) is 11. The van der Waals surface area contributed by atoms with E-state index in [1.54, 1.807) is 14.1 Å². The highest BCUT2D eigenvalue weighted by atomic mass is 16.5. The molecule has 1 saturated carbocycles. The first-order chi connectivity index (χ1) is 18.3. The number of carbonyl (C=O) groups is 3.